The van der Waals surface area contributed by atoms with E-state index in [1.165, 1.54) is 0 Å². The molecule has 0 spiro atoms. The maximum absolute atomic E-state index is 11.6. The van der Waals surface area contributed by atoms with Gasteiger partial charge in [-0.3, -0.25) is 4.79 Å². The lowest BCUT2D eigenvalue weighted by atomic mass is 10.1. The molecule has 0 bridgehead atoms. The summed E-state index contributed by atoms with van der Waals surface area (Å²) < 4.78 is 10.9. The number of esters is 1. The van der Waals surface area contributed by atoms with Crippen molar-refractivity contribution in [1.29, 1.82) is 0 Å². The van der Waals surface area contributed by atoms with E-state index < -0.39 is 5.60 Å². The smallest absolute Gasteiger partial charge is 0.308 e. The largest absolute Gasteiger partial charge is 0.460 e. The highest BCUT2D eigenvalue weighted by Crippen LogP contribution is 2.19. The van der Waals surface area contributed by atoms with Crippen molar-refractivity contribution >= 4 is 5.97 Å². The van der Waals surface area contributed by atoms with Crippen molar-refractivity contribution in [3.8, 4) is 0 Å². The summed E-state index contributed by atoms with van der Waals surface area (Å²) in [7, 11) is 0. The van der Waals surface area contributed by atoms with Crippen LogP contribution in [0, 0.1) is 0 Å². The Morgan fingerprint density at radius 1 is 1.29 bits per heavy atom. The van der Waals surface area contributed by atoms with Gasteiger partial charge in [0.2, 0.25) is 0 Å². The predicted octanol–water partition coefficient (Wildman–Crippen LogP) is 3.02. The molecule has 4 nitrogen and oxygen atoms in total. The van der Waals surface area contributed by atoms with E-state index in [4.69, 9.17) is 14.6 Å². The van der Waals surface area contributed by atoms with Crippen LogP contribution in [0.5, 0.6) is 0 Å². The monoisotopic (exact) mass is 292 g/mol. The van der Waals surface area contributed by atoms with Crippen LogP contribution in [0.4, 0.5) is 0 Å². The molecule has 0 aliphatic carbocycles. The normalized spacial score (nSPS) is 13.3. The summed E-state index contributed by atoms with van der Waals surface area (Å²) in [6, 6.07) is 9.66. The van der Waals surface area contributed by atoms with E-state index in [0.29, 0.717) is 0 Å². The molecule has 21 heavy (non-hydrogen) atoms. The highest BCUT2D eigenvalue weighted by Gasteiger charge is 2.16. The summed E-state index contributed by atoms with van der Waals surface area (Å²) >= 11 is 0. The van der Waals surface area contributed by atoms with Crippen LogP contribution in [0.25, 0.3) is 0 Å². The van der Waals surface area contributed by atoms with Crippen LogP contribution in [0.1, 0.15) is 38.9 Å². The molecule has 0 saturated carbocycles. The first-order chi connectivity index (χ1) is 9.92. The number of rotatable bonds is 7. The van der Waals surface area contributed by atoms with E-state index in [1.807, 2.05) is 51.1 Å². The number of ether oxygens (including phenoxy) is 2. The molecule has 0 saturated heterocycles. The van der Waals surface area contributed by atoms with E-state index >= 15 is 0 Å². The van der Waals surface area contributed by atoms with Gasteiger partial charge in [-0.05, 0) is 26.3 Å². The topological polar surface area (TPSA) is 55.8 Å². The van der Waals surface area contributed by atoms with Gasteiger partial charge in [-0.1, -0.05) is 42.5 Å². The van der Waals surface area contributed by atoms with Crippen LogP contribution in [0.3, 0.4) is 0 Å². The highest BCUT2D eigenvalue weighted by molar-refractivity contribution is 5.69. The van der Waals surface area contributed by atoms with E-state index in [1.54, 1.807) is 12.2 Å². The molecule has 0 aliphatic rings. The lowest BCUT2D eigenvalue weighted by Crippen LogP contribution is -2.24. The molecular formula is C17H24O4. The Labute approximate surface area is 126 Å². The van der Waals surface area contributed by atoms with Gasteiger partial charge in [0.25, 0.3) is 0 Å². The third kappa shape index (κ3) is 7.63. The van der Waals surface area contributed by atoms with Crippen molar-refractivity contribution in [2.24, 2.45) is 0 Å². The Kier molecular flexibility index (Phi) is 7.12. The molecule has 116 valence electrons. The molecule has 0 aliphatic heterocycles. The molecule has 1 aromatic carbocycles. The minimum atomic E-state index is -0.479. The zero-order valence-corrected chi connectivity index (χ0v) is 12.9. The van der Waals surface area contributed by atoms with Crippen molar-refractivity contribution < 1.29 is 19.4 Å². The fourth-order valence-electron chi connectivity index (χ4n) is 1.75. The van der Waals surface area contributed by atoms with Crippen molar-refractivity contribution in [3.05, 3.63) is 48.0 Å². The number of hydrogen-bond donors (Lipinski definition) is 1. The van der Waals surface area contributed by atoms with Gasteiger partial charge < -0.3 is 14.6 Å². The zero-order chi connectivity index (χ0) is 15.7. The number of carbonyl (C=O) groups is 1. The number of benzene rings is 1. The molecule has 1 atom stereocenters. The molecule has 1 rings (SSSR count). The van der Waals surface area contributed by atoms with Crippen LogP contribution in [0.2, 0.25) is 0 Å². The average Bonchev–Trinajstić information content (AvgIpc) is 2.41. The number of carbonyl (C=O) groups excluding carboxylic acids is 1. The Morgan fingerprint density at radius 3 is 2.52 bits per heavy atom. The SMILES string of the molecule is CC(C)(C)OC(=O)CCOC(/C=C\CO)c1ccccc1. The van der Waals surface area contributed by atoms with Crippen molar-refractivity contribution in [3.63, 3.8) is 0 Å². The van der Waals surface area contributed by atoms with Crippen LogP contribution >= 0.6 is 0 Å². The third-order valence-electron chi connectivity index (χ3n) is 2.57. The van der Waals surface area contributed by atoms with Gasteiger partial charge in [-0.25, -0.2) is 0 Å². The van der Waals surface area contributed by atoms with Crippen molar-refractivity contribution in [1.82, 2.24) is 0 Å². The summed E-state index contributed by atoms with van der Waals surface area (Å²) in [5, 5.41) is 8.89. The van der Waals surface area contributed by atoms with Crippen LogP contribution in [-0.2, 0) is 14.3 Å². The van der Waals surface area contributed by atoms with Gasteiger partial charge in [0.15, 0.2) is 0 Å². The summed E-state index contributed by atoms with van der Waals surface area (Å²) in [6.07, 6.45) is 3.34. The molecule has 1 aromatic rings. The Bertz CT molecular complexity index is 446. The predicted molar refractivity (Wildman–Crippen MR) is 81.8 cm³/mol. The summed E-state index contributed by atoms with van der Waals surface area (Å²) in [4.78, 5) is 11.6. The van der Waals surface area contributed by atoms with Crippen LogP contribution < -0.4 is 0 Å². The molecule has 1 N–H and O–H groups in total. The minimum absolute atomic E-state index is 0.0429. The number of aliphatic hydroxyl groups excluding tert-OH is 1. The van der Waals surface area contributed by atoms with Gasteiger partial charge in [0, 0.05) is 0 Å². The van der Waals surface area contributed by atoms with Gasteiger partial charge in [0.05, 0.1) is 19.6 Å². The summed E-state index contributed by atoms with van der Waals surface area (Å²) in [5.74, 6) is -0.277. The molecule has 0 radical (unpaired) electrons. The molecular weight excluding hydrogens is 268 g/mol. The lowest BCUT2D eigenvalue weighted by molar-refractivity contribution is -0.156. The van der Waals surface area contributed by atoms with Gasteiger partial charge in [-0.15, -0.1) is 0 Å². The van der Waals surface area contributed by atoms with Crippen molar-refractivity contribution in [2.75, 3.05) is 13.2 Å². The minimum Gasteiger partial charge on any atom is -0.460 e. The van der Waals surface area contributed by atoms with E-state index in [9.17, 15) is 4.79 Å². The second-order valence-corrected chi connectivity index (χ2v) is 5.65. The lowest BCUT2D eigenvalue weighted by Gasteiger charge is -2.20. The van der Waals surface area contributed by atoms with Crippen LogP contribution in [-0.4, -0.2) is 29.9 Å². The molecule has 0 aromatic heterocycles. The van der Waals surface area contributed by atoms with E-state index in [-0.39, 0.29) is 31.7 Å². The van der Waals surface area contributed by atoms with E-state index in [0.717, 1.165) is 5.56 Å². The van der Waals surface area contributed by atoms with Gasteiger partial charge in [0.1, 0.15) is 11.7 Å². The zero-order valence-electron chi connectivity index (χ0n) is 12.9. The molecule has 0 amide bonds. The van der Waals surface area contributed by atoms with Crippen molar-refractivity contribution in [2.45, 2.75) is 38.9 Å². The van der Waals surface area contributed by atoms with Gasteiger partial charge in [-0.2, -0.15) is 0 Å². The quantitative estimate of drug-likeness (QED) is 0.620. The Hall–Kier alpha value is -1.65. The maximum Gasteiger partial charge on any atom is 0.308 e. The first-order valence-electron chi connectivity index (χ1n) is 7.08. The third-order valence-corrected chi connectivity index (χ3v) is 2.57. The highest BCUT2D eigenvalue weighted by atomic mass is 16.6. The van der Waals surface area contributed by atoms with Crippen LogP contribution in [0.15, 0.2) is 42.5 Å². The standard InChI is InChI=1S/C17H24O4/c1-17(2,3)21-16(19)11-13-20-15(10-7-12-18)14-8-5-4-6-9-14/h4-10,15,18H,11-13H2,1-3H3/b10-7-. The second-order valence-electron chi connectivity index (χ2n) is 5.65. The first kappa shape index (κ1) is 17.4. The average molecular weight is 292 g/mol. The fourth-order valence-corrected chi connectivity index (χ4v) is 1.75. The fraction of sp³-hybridized carbons (Fsp3) is 0.471. The molecule has 4 heteroatoms. The first-order valence-corrected chi connectivity index (χ1v) is 7.08. The molecule has 1 unspecified atom stereocenters. The summed E-state index contributed by atoms with van der Waals surface area (Å²) in [6.45, 7) is 5.73. The Morgan fingerprint density at radius 2 is 1.95 bits per heavy atom. The Balaban J connectivity index is 2.51. The molecule has 0 fully saturated rings. The maximum atomic E-state index is 11.6. The number of hydrogen-bond acceptors (Lipinski definition) is 4. The second kappa shape index (κ2) is 8.60. The summed E-state index contributed by atoms with van der Waals surface area (Å²) in [5.41, 5.74) is 0.499. The molecule has 0 heterocycles. The number of aliphatic hydroxyl groups is 1. The van der Waals surface area contributed by atoms with Gasteiger partial charge >= 0.3 is 5.97 Å². The van der Waals surface area contributed by atoms with E-state index in [2.05, 4.69) is 0 Å².